The number of hydrogen-bond acceptors (Lipinski definition) is 4. The van der Waals surface area contributed by atoms with Crippen molar-refractivity contribution in [2.45, 2.75) is 18.9 Å². The van der Waals surface area contributed by atoms with Crippen LogP contribution in [0.15, 0.2) is 4.99 Å². The zero-order valence-corrected chi connectivity index (χ0v) is 17.7. The van der Waals surface area contributed by atoms with E-state index < -0.39 is 0 Å². The molecule has 8 nitrogen and oxygen atoms in total. The van der Waals surface area contributed by atoms with Crippen molar-refractivity contribution in [3.05, 3.63) is 0 Å². The van der Waals surface area contributed by atoms with Crippen molar-refractivity contribution in [3.63, 3.8) is 0 Å². The van der Waals surface area contributed by atoms with Crippen LogP contribution < -0.4 is 10.6 Å². The Balaban J connectivity index is 0.00000529. The summed E-state index contributed by atoms with van der Waals surface area (Å²) in [5.41, 5.74) is 0. The summed E-state index contributed by atoms with van der Waals surface area (Å²) in [5, 5.41) is 6.37. The van der Waals surface area contributed by atoms with E-state index in [4.69, 9.17) is 0 Å². The van der Waals surface area contributed by atoms with Gasteiger partial charge in [0.1, 0.15) is 0 Å². The third kappa shape index (κ3) is 8.13. The zero-order chi connectivity index (χ0) is 17.4. The topological polar surface area (TPSA) is 80.3 Å². The molecule has 1 saturated heterocycles. The molecule has 0 aromatic heterocycles. The van der Waals surface area contributed by atoms with Crippen molar-refractivity contribution >= 4 is 41.8 Å². The zero-order valence-electron chi connectivity index (χ0n) is 15.3. The van der Waals surface area contributed by atoms with Gasteiger partial charge in [-0.15, -0.1) is 24.0 Å². The second-order valence-corrected chi connectivity index (χ2v) is 6.20. The van der Waals surface area contributed by atoms with E-state index in [1.54, 1.807) is 45.0 Å². The number of carbonyl (C=O) groups excluding carboxylic acids is 2. The molecule has 0 saturated carbocycles. The van der Waals surface area contributed by atoms with E-state index in [1.165, 1.54) is 0 Å². The van der Waals surface area contributed by atoms with Crippen LogP contribution in [0.5, 0.6) is 0 Å². The maximum Gasteiger partial charge on any atom is 0.241 e. The SMILES string of the molecule is CN=C(NCC(=O)N(C)C)NC1CCN(CC(=O)N(C)C)CC1.I. The summed E-state index contributed by atoms with van der Waals surface area (Å²) in [4.78, 5) is 32.8. The molecule has 140 valence electrons. The van der Waals surface area contributed by atoms with Crippen molar-refractivity contribution in [1.82, 2.24) is 25.3 Å². The highest BCUT2D eigenvalue weighted by molar-refractivity contribution is 14.0. The monoisotopic (exact) mass is 454 g/mol. The summed E-state index contributed by atoms with van der Waals surface area (Å²) in [6.45, 7) is 2.46. The van der Waals surface area contributed by atoms with Crippen LogP contribution in [-0.4, -0.2) is 99.9 Å². The van der Waals surface area contributed by atoms with Gasteiger partial charge in [-0.05, 0) is 12.8 Å². The van der Waals surface area contributed by atoms with Gasteiger partial charge in [-0.2, -0.15) is 0 Å². The summed E-state index contributed by atoms with van der Waals surface area (Å²) in [5.74, 6) is 0.782. The molecular formula is C15H31IN6O2. The third-order valence-electron chi connectivity index (χ3n) is 3.92. The molecule has 0 radical (unpaired) electrons. The predicted octanol–water partition coefficient (Wildman–Crippen LogP) is -0.590. The number of nitrogens with zero attached hydrogens (tertiary/aromatic N) is 4. The molecule has 0 aromatic rings. The van der Waals surface area contributed by atoms with Crippen LogP contribution in [0.25, 0.3) is 0 Å². The number of nitrogens with one attached hydrogen (secondary N) is 2. The minimum Gasteiger partial charge on any atom is -0.354 e. The largest absolute Gasteiger partial charge is 0.354 e. The normalized spacial score (nSPS) is 16.1. The first-order chi connectivity index (χ1) is 10.8. The van der Waals surface area contributed by atoms with Gasteiger partial charge in [0.25, 0.3) is 0 Å². The van der Waals surface area contributed by atoms with E-state index in [-0.39, 0.29) is 42.3 Å². The lowest BCUT2D eigenvalue weighted by molar-refractivity contribution is -0.130. The van der Waals surface area contributed by atoms with Crippen molar-refractivity contribution < 1.29 is 9.59 Å². The van der Waals surface area contributed by atoms with Gasteiger partial charge in [0, 0.05) is 54.4 Å². The minimum atomic E-state index is 0. The van der Waals surface area contributed by atoms with E-state index >= 15 is 0 Å². The molecule has 1 fully saturated rings. The fraction of sp³-hybridized carbons (Fsp3) is 0.800. The van der Waals surface area contributed by atoms with Crippen LogP contribution in [0.3, 0.4) is 0 Å². The number of likely N-dealkylation sites (tertiary alicyclic amines) is 1. The highest BCUT2D eigenvalue weighted by atomic mass is 127. The van der Waals surface area contributed by atoms with E-state index in [0.717, 1.165) is 25.9 Å². The highest BCUT2D eigenvalue weighted by Gasteiger charge is 2.22. The summed E-state index contributed by atoms with van der Waals surface area (Å²) in [6.07, 6.45) is 1.89. The number of likely N-dealkylation sites (N-methyl/N-ethyl adjacent to an activating group) is 2. The van der Waals surface area contributed by atoms with Crippen molar-refractivity contribution in [1.29, 1.82) is 0 Å². The van der Waals surface area contributed by atoms with Gasteiger partial charge >= 0.3 is 0 Å². The van der Waals surface area contributed by atoms with Gasteiger partial charge in [0.15, 0.2) is 5.96 Å². The number of piperidine rings is 1. The molecule has 9 heteroatoms. The number of guanidine groups is 1. The molecule has 2 amide bonds. The smallest absolute Gasteiger partial charge is 0.241 e. The molecule has 0 atom stereocenters. The number of hydrogen-bond donors (Lipinski definition) is 2. The van der Waals surface area contributed by atoms with Crippen LogP contribution >= 0.6 is 24.0 Å². The molecule has 1 heterocycles. The fourth-order valence-corrected chi connectivity index (χ4v) is 2.27. The summed E-state index contributed by atoms with van der Waals surface area (Å²) >= 11 is 0. The van der Waals surface area contributed by atoms with Crippen molar-refractivity contribution in [2.24, 2.45) is 4.99 Å². The third-order valence-corrected chi connectivity index (χ3v) is 3.92. The average molecular weight is 454 g/mol. The van der Waals surface area contributed by atoms with Gasteiger partial charge in [0.05, 0.1) is 13.1 Å². The summed E-state index contributed by atoms with van der Waals surface area (Å²) in [7, 11) is 8.71. The molecule has 24 heavy (non-hydrogen) atoms. The van der Waals surface area contributed by atoms with E-state index in [9.17, 15) is 9.59 Å². The Morgan fingerprint density at radius 1 is 1.08 bits per heavy atom. The second kappa shape index (κ2) is 11.5. The van der Waals surface area contributed by atoms with Crippen molar-refractivity contribution in [2.75, 3.05) is 61.4 Å². The fourth-order valence-electron chi connectivity index (χ4n) is 2.27. The van der Waals surface area contributed by atoms with Crippen LogP contribution in [-0.2, 0) is 9.59 Å². The second-order valence-electron chi connectivity index (χ2n) is 6.20. The summed E-state index contributed by atoms with van der Waals surface area (Å²) in [6, 6.07) is 0.307. The first-order valence-corrected chi connectivity index (χ1v) is 7.93. The average Bonchev–Trinajstić information content (AvgIpc) is 2.52. The maximum atomic E-state index is 11.7. The summed E-state index contributed by atoms with van der Waals surface area (Å²) < 4.78 is 0. The molecule has 2 N–H and O–H groups in total. The molecule has 1 rings (SSSR count). The van der Waals surface area contributed by atoms with Crippen LogP contribution in [0.1, 0.15) is 12.8 Å². The lowest BCUT2D eigenvalue weighted by Gasteiger charge is -2.33. The van der Waals surface area contributed by atoms with Gasteiger partial charge in [-0.25, -0.2) is 0 Å². The number of rotatable bonds is 5. The molecule has 1 aliphatic heterocycles. The molecular weight excluding hydrogens is 423 g/mol. The van der Waals surface area contributed by atoms with Gasteiger partial charge in [-0.1, -0.05) is 0 Å². The Morgan fingerprint density at radius 2 is 1.62 bits per heavy atom. The standard InChI is InChI=1S/C15H30N6O2.HI/c1-16-15(17-10-13(22)19(2)3)18-12-6-8-21(9-7-12)11-14(23)20(4)5;/h12H,6-11H2,1-5H3,(H2,16,17,18);1H. The van der Waals surface area contributed by atoms with Crippen LogP contribution in [0.4, 0.5) is 0 Å². The Hall–Kier alpha value is -1.10. The number of amides is 2. The highest BCUT2D eigenvalue weighted by Crippen LogP contribution is 2.10. The van der Waals surface area contributed by atoms with Gasteiger partial charge < -0.3 is 20.4 Å². The Bertz CT molecular complexity index is 434. The van der Waals surface area contributed by atoms with E-state index in [2.05, 4.69) is 20.5 Å². The van der Waals surface area contributed by atoms with E-state index in [1.807, 2.05) is 0 Å². The predicted molar refractivity (Wildman–Crippen MR) is 107 cm³/mol. The Kier molecular flexibility index (Phi) is 10.9. The van der Waals surface area contributed by atoms with E-state index in [0.29, 0.717) is 18.5 Å². The number of aliphatic imine (C=N–C) groups is 1. The lowest BCUT2D eigenvalue weighted by atomic mass is 10.1. The molecule has 0 unspecified atom stereocenters. The molecule has 0 aromatic carbocycles. The first-order valence-electron chi connectivity index (χ1n) is 7.93. The molecule has 0 spiro atoms. The number of halogens is 1. The van der Waals surface area contributed by atoms with Crippen molar-refractivity contribution in [3.8, 4) is 0 Å². The molecule has 1 aliphatic rings. The van der Waals surface area contributed by atoms with Gasteiger partial charge in [0.2, 0.25) is 11.8 Å². The first kappa shape index (κ1) is 22.9. The van der Waals surface area contributed by atoms with Crippen LogP contribution in [0.2, 0.25) is 0 Å². The minimum absolute atomic E-state index is 0. The maximum absolute atomic E-state index is 11.7. The number of carbonyl (C=O) groups is 2. The lowest BCUT2D eigenvalue weighted by Crippen LogP contribution is -2.51. The Labute approximate surface area is 162 Å². The van der Waals surface area contributed by atoms with Crippen LogP contribution in [0, 0.1) is 0 Å². The molecule has 0 aliphatic carbocycles. The molecule has 0 bridgehead atoms. The Morgan fingerprint density at radius 3 is 2.08 bits per heavy atom. The quantitative estimate of drug-likeness (QED) is 0.330. The van der Waals surface area contributed by atoms with Gasteiger partial charge in [-0.3, -0.25) is 19.5 Å².